The minimum absolute atomic E-state index is 0.143. The van der Waals surface area contributed by atoms with Crippen LogP contribution in [0.1, 0.15) is 67.9 Å². The van der Waals surface area contributed by atoms with Gasteiger partial charge in [0.25, 0.3) is 5.91 Å². The van der Waals surface area contributed by atoms with Gasteiger partial charge < -0.3 is 14.8 Å². The molecule has 0 spiro atoms. The molecule has 168 valence electrons. The highest BCUT2D eigenvalue weighted by Gasteiger charge is 2.28. The summed E-state index contributed by atoms with van der Waals surface area (Å²) in [4.78, 5) is 36.1. The van der Waals surface area contributed by atoms with E-state index in [1.54, 1.807) is 24.5 Å². The Labute approximate surface area is 182 Å². The summed E-state index contributed by atoms with van der Waals surface area (Å²) in [5.74, 6) is -0.759. The molecule has 0 unspecified atom stereocenters. The Bertz CT molecular complexity index is 925. The zero-order chi connectivity index (χ0) is 23.0. The highest BCUT2D eigenvalue weighted by Crippen LogP contribution is 2.48. The van der Waals surface area contributed by atoms with Gasteiger partial charge in [-0.3, -0.25) is 14.8 Å². The first-order valence-electron chi connectivity index (χ1n) is 10.5. The van der Waals surface area contributed by atoms with Crippen molar-refractivity contribution in [1.29, 1.82) is 0 Å². The van der Waals surface area contributed by atoms with Gasteiger partial charge in [0.15, 0.2) is 5.75 Å². The minimum Gasteiger partial charge on any atom is -0.434 e. The molecule has 0 aromatic heterocycles. The quantitative estimate of drug-likeness (QED) is 0.227. The molecule has 0 saturated carbocycles. The van der Waals surface area contributed by atoms with Crippen molar-refractivity contribution in [2.24, 2.45) is 0 Å². The fourth-order valence-corrected chi connectivity index (χ4v) is 3.64. The third-order valence-corrected chi connectivity index (χ3v) is 4.93. The van der Waals surface area contributed by atoms with Crippen molar-refractivity contribution in [3.8, 4) is 16.9 Å². The van der Waals surface area contributed by atoms with Gasteiger partial charge in [-0.1, -0.05) is 26.2 Å². The van der Waals surface area contributed by atoms with Crippen molar-refractivity contribution >= 4 is 23.7 Å². The normalized spacial score (nSPS) is 10.6. The van der Waals surface area contributed by atoms with Gasteiger partial charge in [-0.05, 0) is 61.6 Å². The van der Waals surface area contributed by atoms with Gasteiger partial charge >= 0.3 is 6.16 Å². The first kappa shape index (κ1) is 24.1. The Morgan fingerprint density at radius 2 is 1.84 bits per heavy atom. The molecule has 0 saturated heterocycles. The van der Waals surface area contributed by atoms with Crippen molar-refractivity contribution in [3.63, 3.8) is 0 Å². The first-order chi connectivity index (χ1) is 14.8. The molecular weight excluding hydrogens is 400 g/mol. The maximum atomic E-state index is 12.1. The number of anilines is 1. The number of ether oxygens (including phenoxy) is 2. The van der Waals surface area contributed by atoms with Gasteiger partial charge in [0.05, 0.1) is 12.3 Å². The number of nitrogens with one attached hydrogen (secondary N) is 2. The largest absolute Gasteiger partial charge is 0.513 e. The number of hydrogen-bond acceptors (Lipinski definition) is 6. The number of unbranched alkanes of at least 4 members (excludes halogenated alkanes) is 3. The van der Waals surface area contributed by atoms with Gasteiger partial charge in [-0.2, -0.15) is 0 Å². The van der Waals surface area contributed by atoms with E-state index in [-0.39, 0.29) is 23.8 Å². The second kappa shape index (κ2) is 11.3. The van der Waals surface area contributed by atoms with Crippen molar-refractivity contribution in [1.82, 2.24) is 5.48 Å². The number of carbonyl (C=O) groups is 3. The van der Waals surface area contributed by atoms with Gasteiger partial charge in [0.2, 0.25) is 5.91 Å². The van der Waals surface area contributed by atoms with Crippen LogP contribution in [0.15, 0.2) is 18.2 Å². The molecule has 2 rings (SSSR count). The molecule has 8 heteroatoms. The first-order valence-corrected chi connectivity index (χ1v) is 10.5. The van der Waals surface area contributed by atoms with Crippen LogP contribution < -0.4 is 15.5 Å². The second-order valence-corrected chi connectivity index (χ2v) is 7.31. The molecule has 0 aliphatic heterocycles. The summed E-state index contributed by atoms with van der Waals surface area (Å²) in [5, 5.41) is 11.8. The molecule has 0 bridgehead atoms. The SMILES string of the molecule is CCCCCCc1c(NC(C)=O)c(OC(=O)OCC)c2ccc(C(=O)NO)cc(C)c1-2. The van der Waals surface area contributed by atoms with E-state index in [1.807, 2.05) is 6.92 Å². The third-order valence-electron chi connectivity index (χ3n) is 4.93. The van der Waals surface area contributed by atoms with E-state index in [4.69, 9.17) is 14.7 Å². The van der Waals surface area contributed by atoms with Crippen molar-refractivity contribution in [2.45, 2.75) is 59.8 Å². The molecule has 31 heavy (non-hydrogen) atoms. The van der Waals surface area contributed by atoms with E-state index in [1.165, 1.54) is 13.0 Å². The summed E-state index contributed by atoms with van der Waals surface area (Å²) in [6.07, 6.45) is 3.87. The number of fused-ring (bicyclic) bond motifs is 1. The maximum Gasteiger partial charge on any atom is 0.513 e. The Morgan fingerprint density at radius 1 is 1.10 bits per heavy atom. The van der Waals surface area contributed by atoms with Crippen LogP contribution in [-0.2, 0) is 16.0 Å². The molecule has 0 fully saturated rings. The summed E-state index contributed by atoms with van der Waals surface area (Å²) in [6.45, 7) is 7.16. The zero-order valence-electron chi connectivity index (χ0n) is 18.5. The lowest BCUT2D eigenvalue weighted by atomic mass is 9.99. The van der Waals surface area contributed by atoms with E-state index in [0.29, 0.717) is 17.7 Å². The topological polar surface area (TPSA) is 114 Å². The molecule has 2 amide bonds. The second-order valence-electron chi connectivity index (χ2n) is 7.31. The molecule has 8 nitrogen and oxygen atoms in total. The minimum atomic E-state index is -0.879. The molecular formula is C23H30N2O6. The lowest BCUT2D eigenvalue weighted by molar-refractivity contribution is -0.114. The zero-order valence-corrected chi connectivity index (χ0v) is 18.5. The highest BCUT2D eigenvalue weighted by molar-refractivity contribution is 6.01. The van der Waals surface area contributed by atoms with Crippen LogP contribution >= 0.6 is 0 Å². The molecule has 0 atom stereocenters. The summed E-state index contributed by atoms with van der Waals surface area (Å²) in [6, 6.07) is 4.81. The summed E-state index contributed by atoms with van der Waals surface area (Å²) in [5.41, 5.74) is 5.26. The monoisotopic (exact) mass is 430 g/mol. The Kier molecular flexibility index (Phi) is 8.81. The summed E-state index contributed by atoms with van der Waals surface area (Å²) < 4.78 is 10.4. The number of aryl methyl sites for hydroxylation is 1. The van der Waals surface area contributed by atoms with Crippen molar-refractivity contribution in [2.75, 3.05) is 11.9 Å². The van der Waals surface area contributed by atoms with Crippen molar-refractivity contribution in [3.05, 3.63) is 34.9 Å². The summed E-state index contributed by atoms with van der Waals surface area (Å²) >= 11 is 0. The average molecular weight is 431 g/mol. The van der Waals surface area contributed by atoms with E-state index in [2.05, 4.69) is 12.2 Å². The molecule has 0 aromatic carbocycles. The number of carbonyl (C=O) groups excluding carboxylic acids is 3. The van der Waals surface area contributed by atoms with Crippen molar-refractivity contribution < 1.29 is 29.1 Å². The van der Waals surface area contributed by atoms with Crippen LogP contribution in [-0.4, -0.2) is 29.8 Å². The van der Waals surface area contributed by atoms with Crippen LogP contribution in [0.4, 0.5) is 10.5 Å². The van der Waals surface area contributed by atoms with E-state index in [9.17, 15) is 14.4 Å². The highest BCUT2D eigenvalue weighted by atomic mass is 16.7. The number of hydrogen-bond donors (Lipinski definition) is 3. The molecule has 0 heterocycles. The Hall–Kier alpha value is -3.13. The van der Waals surface area contributed by atoms with Crippen LogP contribution in [0.3, 0.4) is 0 Å². The number of amides is 2. The molecule has 2 aliphatic rings. The fourth-order valence-electron chi connectivity index (χ4n) is 3.64. The van der Waals surface area contributed by atoms with Crippen LogP contribution in [0.2, 0.25) is 0 Å². The number of rotatable bonds is 9. The number of hydroxylamine groups is 1. The Morgan fingerprint density at radius 3 is 2.45 bits per heavy atom. The van der Waals surface area contributed by atoms with Crippen LogP contribution in [0, 0.1) is 6.92 Å². The lowest BCUT2D eigenvalue weighted by Crippen LogP contribution is -2.18. The van der Waals surface area contributed by atoms with Gasteiger partial charge in [0, 0.05) is 18.1 Å². The predicted molar refractivity (Wildman–Crippen MR) is 117 cm³/mol. The lowest BCUT2D eigenvalue weighted by Gasteiger charge is -2.10. The molecule has 2 aliphatic carbocycles. The smallest absolute Gasteiger partial charge is 0.434 e. The standard InChI is InChI=1S/C23H30N2O6/c1-5-7-8-9-10-17-19-14(3)13-16(22(27)25-29)11-12-18(19)21(20(17)24-15(4)26)31-23(28)30-6-2/h11-13,29H,5-10H2,1-4H3,(H,24,26)(H,25,27). The Balaban J connectivity index is 2.72. The molecule has 0 radical (unpaired) electrons. The predicted octanol–water partition coefficient (Wildman–Crippen LogP) is 4.84. The fraction of sp³-hybridized carbons (Fsp3) is 0.435. The molecule has 0 aromatic rings. The maximum absolute atomic E-state index is 12.1. The van der Waals surface area contributed by atoms with Gasteiger partial charge in [-0.25, -0.2) is 10.3 Å². The van der Waals surface area contributed by atoms with E-state index >= 15 is 0 Å². The van der Waals surface area contributed by atoms with Gasteiger partial charge in [0.1, 0.15) is 0 Å². The van der Waals surface area contributed by atoms with Crippen LogP contribution in [0.25, 0.3) is 11.1 Å². The summed E-state index contributed by atoms with van der Waals surface area (Å²) in [7, 11) is 0. The van der Waals surface area contributed by atoms with Crippen LogP contribution in [0.5, 0.6) is 5.75 Å². The van der Waals surface area contributed by atoms with E-state index < -0.39 is 12.1 Å². The van der Waals surface area contributed by atoms with Gasteiger partial charge in [-0.15, -0.1) is 0 Å². The average Bonchev–Trinajstić information content (AvgIpc) is 2.87. The third kappa shape index (κ3) is 5.95. The van der Waals surface area contributed by atoms with E-state index in [0.717, 1.165) is 42.4 Å². The molecule has 3 N–H and O–H groups in total.